The third kappa shape index (κ3) is 3.05. The van der Waals surface area contributed by atoms with E-state index in [4.69, 9.17) is 0 Å². The molecule has 3 N–H and O–H groups in total. The van der Waals surface area contributed by atoms with Gasteiger partial charge in [0.15, 0.2) is 5.03 Å². The van der Waals surface area contributed by atoms with Gasteiger partial charge in [0.25, 0.3) is 10.0 Å². The second-order valence-electron chi connectivity index (χ2n) is 4.54. The lowest BCUT2D eigenvalue weighted by Gasteiger charge is -2.27. The number of rotatable bonds is 3. The fraction of sp³-hybridized carbons (Fsp3) is 0.700. The van der Waals surface area contributed by atoms with Gasteiger partial charge in [-0.15, -0.1) is 0 Å². The minimum Gasteiger partial charge on any atom is -0.332 e. The summed E-state index contributed by atoms with van der Waals surface area (Å²) in [5.74, 6) is 0.598. The SMILES string of the molecule is Cc1ncc(S(=O)(=O)NC2CCC(C)NC2)[nH]1. The summed E-state index contributed by atoms with van der Waals surface area (Å²) < 4.78 is 26.7. The van der Waals surface area contributed by atoms with Crippen molar-refractivity contribution in [3.05, 3.63) is 12.0 Å². The molecule has 0 spiro atoms. The molecule has 1 aliphatic heterocycles. The molecule has 2 atom stereocenters. The fourth-order valence-electron chi connectivity index (χ4n) is 1.92. The van der Waals surface area contributed by atoms with Gasteiger partial charge in [0.2, 0.25) is 0 Å². The minimum atomic E-state index is -3.46. The van der Waals surface area contributed by atoms with Crippen LogP contribution in [-0.4, -0.2) is 37.0 Å². The molecule has 0 radical (unpaired) electrons. The van der Waals surface area contributed by atoms with Crippen LogP contribution >= 0.6 is 0 Å². The fourth-order valence-corrected chi connectivity index (χ4v) is 3.16. The van der Waals surface area contributed by atoms with E-state index in [0.29, 0.717) is 18.4 Å². The van der Waals surface area contributed by atoms with Crippen molar-refractivity contribution in [2.45, 2.75) is 43.8 Å². The highest BCUT2D eigenvalue weighted by molar-refractivity contribution is 7.89. The van der Waals surface area contributed by atoms with Gasteiger partial charge in [0.05, 0.1) is 6.20 Å². The lowest BCUT2D eigenvalue weighted by atomic mass is 10.0. The first-order chi connectivity index (χ1) is 7.97. The van der Waals surface area contributed by atoms with Crippen LogP contribution in [-0.2, 0) is 10.0 Å². The van der Waals surface area contributed by atoms with Crippen molar-refractivity contribution in [1.82, 2.24) is 20.0 Å². The highest BCUT2D eigenvalue weighted by Crippen LogP contribution is 2.11. The zero-order chi connectivity index (χ0) is 12.5. The maximum atomic E-state index is 12.0. The first kappa shape index (κ1) is 12.5. The van der Waals surface area contributed by atoms with Crippen molar-refractivity contribution in [1.29, 1.82) is 0 Å². The van der Waals surface area contributed by atoms with Gasteiger partial charge in [-0.25, -0.2) is 18.1 Å². The molecule has 1 aromatic rings. The number of H-pyrrole nitrogens is 1. The molecule has 1 fully saturated rings. The molecule has 2 heterocycles. The summed E-state index contributed by atoms with van der Waals surface area (Å²) in [6, 6.07) is 0.421. The van der Waals surface area contributed by atoms with Crippen LogP contribution in [0.15, 0.2) is 11.2 Å². The predicted molar refractivity (Wildman–Crippen MR) is 64.1 cm³/mol. The Morgan fingerprint density at radius 1 is 1.47 bits per heavy atom. The maximum absolute atomic E-state index is 12.0. The smallest absolute Gasteiger partial charge is 0.257 e. The number of hydrogen-bond acceptors (Lipinski definition) is 4. The number of nitrogens with zero attached hydrogens (tertiary/aromatic N) is 1. The standard InChI is InChI=1S/C10H18N4O2S/c1-7-3-4-9(5-11-7)14-17(15,16)10-6-12-8(2)13-10/h6-7,9,11,14H,3-5H2,1-2H3,(H,12,13). The molecular weight excluding hydrogens is 240 g/mol. The van der Waals surface area contributed by atoms with Crippen LogP contribution < -0.4 is 10.0 Å². The largest absolute Gasteiger partial charge is 0.332 e. The van der Waals surface area contributed by atoms with Crippen LogP contribution in [0.5, 0.6) is 0 Å². The average Bonchev–Trinajstić information content (AvgIpc) is 2.69. The van der Waals surface area contributed by atoms with Crippen molar-refractivity contribution >= 4 is 10.0 Å². The van der Waals surface area contributed by atoms with E-state index >= 15 is 0 Å². The molecule has 0 bridgehead atoms. The van der Waals surface area contributed by atoms with E-state index in [2.05, 4.69) is 26.9 Å². The summed E-state index contributed by atoms with van der Waals surface area (Å²) in [5.41, 5.74) is 0. The number of piperidine rings is 1. The third-order valence-electron chi connectivity index (χ3n) is 2.95. The van der Waals surface area contributed by atoms with E-state index in [1.807, 2.05) is 0 Å². The first-order valence-electron chi connectivity index (χ1n) is 5.75. The van der Waals surface area contributed by atoms with Crippen LogP contribution in [0.1, 0.15) is 25.6 Å². The molecule has 1 aromatic heterocycles. The molecule has 17 heavy (non-hydrogen) atoms. The molecule has 1 aliphatic rings. The molecule has 0 saturated carbocycles. The Bertz CT molecular complexity index is 474. The molecule has 2 rings (SSSR count). The number of nitrogens with one attached hydrogen (secondary N) is 3. The molecule has 2 unspecified atom stereocenters. The van der Waals surface area contributed by atoms with Crippen molar-refractivity contribution in [3.63, 3.8) is 0 Å². The number of hydrogen-bond donors (Lipinski definition) is 3. The summed E-state index contributed by atoms with van der Waals surface area (Å²) in [6.45, 7) is 4.50. The molecule has 96 valence electrons. The van der Waals surface area contributed by atoms with E-state index in [-0.39, 0.29) is 11.1 Å². The average molecular weight is 258 g/mol. The zero-order valence-corrected chi connectivity index (χ0v) is 10.8. The second kappa shape index (κ2) is 4.75. The highest BCUT2D eigenvalue weighted by Gasteiger charge is 2.24. The van der Waals surface area contributed by atoms with Crippen molar-refractivity contribution in [3.8, 4) is 0 Å². The van der Waals surface area contributed by atoms with E-state index in [1.165, 1.54) is 6.20 Å². The number of aromatic nitrogens is 2. The molecule has 0 aliphatic carbocycles. The van der Waals surface area contributed by atoms with E-state index < -0.39 is 10.0 Å². The van der Waals surface area contributed by atoms with Gasteiger partial charge in [0.1, 0.15) is 5.82 Å². The Morgan fingerprint density at radius 3 is 2.76 bits per heavy atom. The quantitative estimate of drug-likeness (QED) is 0.719. The molecule has 0 amide bonds. The van der Waals surface area contributed by atoms with Crippen LogP contribution in [0.2, 0.25) is 0 Å². The predicted octanol–water partition coefficient (Wildman–Crippen LogP) is 0.137. The van der Waals surface area contributed by atoms with Crippen molar-refractivity contribution in [2.75, 3.05) is 6.54 Å². The summed E-state index contributed by atoms with van der Waals surface area (Å²) >= 11 is 0. The molecule has 0 aromatic carbocycles. The Kier molecular flexibility index (Phi) is 3.50. The van der Waals surface area contributed by atoms with Crippen LogP contribution in [0, 0.1) is 6.92 Å². The molecular formula is C10H18N4O2S. The van der Waals surface area contributed by atoms with Gasteiger partial charge in [0, 0.05) is 18.6 Å². The topological polar surface area (TPSA) is 86.9 Å². The summed E-state index contributed by atoms with van der Waals surface area (Å²) in [5, 5.41) is 3.39. The van der Waals surface area contributed by atoms with E-state index in [0.717, 1.165) is 12.8 Å². The Morgan fingerprint density at radius 2 is 2.24 bits per heavy atom. The summed E-state index contributed by atoms with van der Waals surface area (Å²) in [6.07, 6.45) is 3.19. The number of imidazole rings is 1. The van der Waals surface area contributed by atoms with Crippen molar-refractivity contribution in [2.24, 2.45) is 0 Å². The van der Waals surface area contributed by atoms with Crippen LogP contribution in [0.3, 0.4) is 0 Å². The van der Waals surface area contributed by atoms with Crippen molar-refractivity contribution < 1.29 is 8.42 Å². The third-order valence-corrected chi connectivity index (χ3v) is 4.38. The summed E-state index contributed by atoms with van der Waals surface area (Å²) in [4.78, 5) is 6.63. The van der Waals surface area contributed by atoms with Gasteiger partial charge in [-0.1, -0.05) is 0 Å². The number of aromatic amines is 1. The normalized spacial score (nSPS) is 26.0. The van der Waals surface area contributed by atoms with Gasteiger partial charge in [-0.05, 0) is 26.7 Å². The van der Waals surface area contributed by atoms with Crippen LogP contribution in [0.4, 0.5) is 0 Å². The lowest BCUT2D eigenvalue weighted by molar-refractivity contribution is 0.366. The molecule has 1 saturated heterocycles. The zero-order valence-electron chi connectivity index (χ0n) is 10.0. The molecule has 7 heteroatoms. The Hall–Kier alpha value is -0.920. The first-order valence-corrected chi connectivity index (χ1v) is 7.23. The second-order valence-corrected chi connectivity index (χ2v) is 6.22. The van der Waals surface area contributed by atoms with E-state index in [9.17, 15) is 8.42 Å². The van der Waals surface area contributed by atoms with Crippen LogP contribution in [0.25, 0.3) is 0 Å². The summed E-state index contributed by atoms with van der Waals surface area (Å²) in [7, 11) is -3.46. The number of aryl methyl sites for hydroxylation is 1. The highest BCUT2D eigenvalue weighted by atomic mass is 32.2. The maximum Gasteiger partial charge on any atom is 0.257 e. The van der Waals surface area contributed by atoms with Gasteiger partial charge in [-0.3, -0.25) is 0 Å². The monoisotopic (exact) mass is 258 g/mol. The lowest BCUT2D eigenvalue weighted by Crippen LogP contribution is -2.48. The Labute approximate surface area is 101 Å². The van der Waals surface area contributed by atoms with Gasteiger partial charge < -0.3 is 10.3 Å². The van der Waals surface area contributed by atoms with E-state index in [1.54, 1.807) is 6.92 Å². The Balaban J connectivity index is 2.03. The number of sulfonamides is 1. The van der Waals surface area contributed by atoms with Gasteiger partial charge >= 0.3 is 0 Å². The molecule has 6 nitrogen and oxygen atoms in total. The van der Waals surface area contributed by atoms with Gasteiger partial charge in [-0.2, -0.15) is 0 Å². The minimum absolute atomic E-state index is 0.0418.